The summed E-state index contributed by atoms with van der Waals surface area (Å²) in [6.07, 6.45) is 3.83. The van der Waals surface area contributed by atoms with E-state index in [4.69, 9.17) is 4.98 Å². The Balaban J connectivity index is 2.37. The highest BCUT2D eigenvalue weighted by Crippen LogP contribution is 2.44. The Morgan fingerprint density at radius 2 is 2.06 bits per heavy atom. The molecule has 1 aromatic heterocycles. The molecule has 96 valence electrons. The summed E-state index contributed by atoms with van der Waals surface area (Å²) in [7, 11) is 2.10. The van der Waals surface area contributed by atoms with Crippen molar-refractivity contribution in [1.82, 2.24) is 10.3 Å². The quantitative estimate of drug-likeness (QED) is 0.869. The van der Waals surface area contributed by atoms with E-state index < -0.39 is 0 Å². The Morgan fingerprint density at radius 1 is 1.35 bits per heavy atom. The molecule has 1 fully saturated rings. The van der Waals surface area contributed by atoms with Gasteiger partial charge in [0.15, 0.2) is 0 Å². The molecule has 0 bridgehead atoms. The third-order valence-corrected chi connectivity index (χ3v) is 5.74. The van der Waals surface area contributed by atoms with Crippen LogP contribution in [0.1, 0.15) is 48.7 Å². The van der Waals surface area contributed by atoms with E-state index in [-0.39, 0.29) is 5.54 Å². The predicted octanol–water partition coefficient (Wildman–Crippen LogP) is 3.63. The molecule has 3 heteroatoms. The molecule has 1 aliphatic rings. The first kappa shape index (κ1) is 13.0. The van der Waals surface area contributed by atoms with Gasteiger partial charge >= 0.3 is 0 Å². The second kappa shape index (κ2) is 4.69. The molecule has 1 aromatic rings. The Kier molecular flexibility index (Phi) is 3.60. The summed E-state index contributed by atoms with van der Waals surface area (Å²) in [5.41, 5.74) is 1.32. The first-order valence-corrected chi connectivity index (χ1v) is 7.44. The molecule has 0 saturated heterocycles. The van der Waals surface area contributed by atoms with Crippen molar-refractivity contribution in [2.45, 2.75) is 52.5 Å². The Hall–Kier alpha value is -0.410. The number of nitrogens with zero attached hydrogens (tertiary/aromatic N) is 1. The van der Waals surface area contributed by atoms with Crippen molar-refractivity contribution in [2.24, 2.45) is 11.8 Å². The van der Waals surface area contributed by atoms with Gasteiger partial charge < -0.3 is 5.32 Å². The van der Waals surface area contributed by atoms with E-state index in [0.29, 0.717) is 5.92 Å². The van der Waals surface area contributed by atoms with Gasteiger partial charge in [-0.25, -0.2) is 4.98 Å². The van der Waals surface area contributed by atoms with Crippen LogP contribution in [0.2, 0.25) is 0 Å². The molecule has 0 aliphatic heterocycles. The smallest absolute Gasteiger partial charge is 0.113 e. The monoisotopic (exact) mass is 252 g/mol. The van der Waals surface area contributed by atoms with E-state index in [1.165, 1.54) is 34.8 Å². The van der Waals surface area contributed by atoms with Crippen LogP contribution >= 0.6 is 11.3 Å². The van der Waals surface area contributed by atoms with Gasteiger partial charge in [-0.05, 0) is 52.0 Å². The lowest BCUT2D eigenvalue weighted by Gasteiger charge is -2.43. The fourth-order valence-electron chi connectivity index (χ4n) is 3.10. The number of rotatable bonds is 2. The third-order valence-electron chi connectivity index (χ3n) is 4.48. The average Bonchev–Trinajstić information content (AvgIpc) is 2.60. The van der Waals surface area contributed by atoms with Crippen LogP contribution in [0.5, 0.6) is 0 Å². The third kappa shape index (κ3) is 2.15. The molecule has 2 rings (SSSR count). The molecule has 3 atom stereocenters. The molecule has 0 radical (unpaired) electrons. The van der Waals surface area contributed by atoms with Crippen molar-refractivity contribution >= 4 is 11.3 Å². The van der Waals surface area contributed by atoms with Gasteiger partial charge in [-0.15, -0.1) is 11.3 Å². The van der Waals surface area contributed by atoms with Crippen molar-refractivity contribution in [3.8, 4) is 0 Å². The maximum Gasteiger partial charge on any atom is 0.113 e. The summed E-state index contributed by atoms with van der Waals surface area (Å²) in [4.78, 5) is 6.17. The van der Waals surface area contributed by atoms with Crippen LogP contribution in [0.4, 0.5) is 0 Å². The number of nitrogens with one attached hydrogen (secondary N) is 1. The number of hydrogen-bond acceptors (Lipinski definition) is 3. The number of thiazole rings is 1. The summed E-state index contributed by atoms with van der Waals surface area (Å²) in [6.45, 7) is 9.04. The van der Waals surface area contributed by atoms with Crippen LogP contribution in [-0.4, -0.2) is 12.0 Å². The molecule has 1 aliphatic carbocycles. The lowest BCUT2D eigenvalue weighted by atomic mass is 9.70. The fraction of sp³-hybridized carbons (Fsp3) is 0.786. The van der Waals surface area contributed by atoms with Crippen molar-refractivity contribution < 1.29 is 0 Å². The molecule has 0 amide bonds. The molecule has 0 aromatic carbocycles. The second-order valence-corrected chi connectivity index (χ2v) is 6.87. The van der Waals surface area contributed by atoms with Gasteiger partial charge in [-0.1, -0.05) is 13.8 Å². The van der Waals surface area contributed by atoms with Gasteiger partial charge in [0.25, 0.3) is 0 Å². The normalized spacial score (nSPS) is 33.9. The van der Waals surface area contributed by atoms with Gasteiger partial charge in [-0.3, -0.25) is 0 Å². The van der Waals surface area contributed by atoms with Crippen molar-refractivity contribution in [3.63, 3.8) is 0 Å². The Labute approximate surface area is 109 Å². The minimum atomic E-state index is 0.121. The topological polar surface area (TPSA) is 24.9 Å². The zero-order valence-electron chi connectivity index (χ0n) is 11.6. The van der Waals surface area contributed by atoms with Crippen LogP contribution in [0, 0.1) is 25.7 Å². The van der Waals surface area contributed by atoms with Crippen molar-refractivity contribution in [3.05, 3.63) is 15.6 Å². The first-order valence-electron chi connectivity index (χ1n) is 6.63. The first-order chi connectivity index (χ1) is 7.99. The average molecular weight is 252 g/mol. The van der Waals surface area contributed by atoms with Gasteiger partial charge in [0.1, 0.15) is 5.01 Å². The van der Waals surface area contributed by atoms with Crippen LogP contribution in [-0.2, 0) is 5.54 Å². The van der Waals surface area contributed by atoms with E-state index in [0.717, 1.165) is 5.92 Å². The molecular formula is C14H24N2S. The molecule has 2 nitrogen and oxygen atoms in total. The summed E-state index contributed by atoms with van der Waals surface area (Å²) >= 11 is 1.88. The van der Waals surface area contributed by atoms with Gasteiger partial charge in [0, 0.05) is 4.88 Å². The Morgan fingerprint density at radius 3 is 2.53 bits per heavy atom. The highest BCUT2D eigenvalue weighted by molar-refractivity contribution is 7.11. The minimum Gasteiger partial charge on any atom is -0.308 e. The largest absolute Gasteiger partial charge is 0.308 e. The Bertz CT molecular complexity index is 379. The summed E-state index contributed by atoms with van der Waals surface area (Å²) in [6, 6.07) is 0. The van der Waals surface area contributed by atoms with E-state index >= 15 is 0 Å². The van der Waals surface area contributed by atoms with E-state index in [1.54, 1.807) is 0 Å². The standard InChI is InChI=1S/C14H24N2S/c1-9-6-7-14(15-5,10(2)8-9)13-16-11(3)12(4)17-13/h9-10,15H,6-8H2,1-5H3. The zero-order valence-corrected chi connectivity index (χ0v) is 12.4. The highest BCUT2D eigenvalue weighted by Gasteiger charge is 2.42. The predicted molar refractivity (Wildman–Crippen MR) is 74.5 cm³/mol. The number of hydrogen-bond donors (Lipinski definition) is 1. The zero-order chi connectivity index (χ0) is 12.6. The van der Waals surface area contributed by atoms with E-state index in [2.05, 4.69) is 40.1 Å². The van der Waals surface area contributed by atoms with Crippen molar-refractivity contribution in [1.29, 1.82) is 0 Å². The van der Waals surface area contributed by atoms with Gasteiger partial charge in [0.05, 0.1) is 11.2 Å². The summed E-state index contributed by atoms with van der Waals surface area (Å²) < 4.78 is 0. The molecular weight excluding hydrogens is 228 g/mol. The van der Waals surface area contributed by atoms with E-state index in [1.807, 2.05) is 11.3 Å². The fourth-order valence-corrected chi connectivity index (χ4v) is 4.36. The SMILES string of the molecule is CNC1(c2nc(C)c(C)s2)CCC(C)CC1C. The van der Waals surface area contributed by atoms with Crippen LogP contribution < -0.4 is 5.32 Å². The number of aryl methyl sites for hydroxylation is 2. The molecule has 1 heterocycles. The maximum absolute atomic E-state index is 4.81. The minimum absolute atomic E-state index is 0.121. The summed E-state index contributed by atoms with van der Waals surface area (Å²) in [5, 5.41) is 4.89. The molecule has 17 heavy (non-hydrogen) atoms. The number of aromatic nitrogens is 1. The molecule has 0 spiro atoms. The van der Waals surface area contributed by atoms with Crippen LogP contribution in [0.3, 0.4) is 0 Å². The van der Waals surface area contributed by atoms with Crippen LogP contribution in [0.15, 0.2) is 0 Å². The van der Waals surface area contributed by atoms with E-state index in [9.17, 15) is 0 Å². The molecule has 3 unspecified atom stereocenters. The molecule has 1 saturated carbocycles. The van der Waals surface area contributed by atoms with Gasteiger partial charge in [-0.2, -0.15) is 0 Å². The second-order valence-electron chi connectivity index (χ2n) is 5.66. The van der Waals surface area contributed by atoms with Gasteiger partial charge in [0.2, 0.25) is 0 Å². The van der Waals surface area contributed by atoms with Crippen molar-refractivity contribution in [2.75, 3.05) is 7.05 Å². The lowest BCUT2D eigenvalue weighted by Crippen LogP contribution is -2.48. The maximum atomic E-state index is 4.81. The highest BCUT2D eigenvalue weighted by atomic mass is 32.1. The molecule has 1 N–H and O–H groups in total. The lowest BCUT2D eigenvalue weighted by molar-refractivity contribution is 0.130. The summed E-state index contributed by atoms with van der Waals surface area (Å²) in [5.74, 6) is 1.52. The van der Waals surface area contributed by atoms with Crippen LogP contribution in [0.25, 0.3) is 0 Å².